The van der Waals surface area contributed by atoms with Crippen molar-refractivity contribution in [3.05, 3.63) is 153 Å². The summed E-state index contributed by atoms with van der Waals surface area (Å²) >= 11 is 0. The Bertz CT molecular complexity index is 3520. The second kappa shape index (κ2) is 34.6. The predicted octanol–water partition coefficient (Wildman–Crippen LogP) is 13.3. The maximum atomic E-state index is 13.5. The number of hydrogen-bond donors (Lipinski definition) is 1. The fourth-order valence-corrected chi connectivity index (χ4v) is 9.99. The van der Waals surface area contributed by atoms with E-state index in [-0.39, 0.29) is 81.3 Å². The Morgan fingerprint density at radius 1 is 0.588 bits per heavy atom. The number of carbonyl (C=O) groups is 2. The van der Waals surface area contributed by atoms with Crippen molar-refractivity contribution in [1.82, 2.24) is 15.1 Å². The number of allylic oxidation sites excluding steroid dienone is 2. The standard InChI is InChI=1S/C17H20F3NO2.C12H14BF3O2.C12H18F3NO5S.C12H14F3N.C12H12F3N.B.Na.H/c1-10-5-6-14(11-7-12(18)15(20)13(19)8-11)21(9-10)16(22)23-17(2,3)4;1-11(2)12(3,4)18-13(17-11)7-5-8(14)10(16)9(15)6-7;1-8-5-6-9(21-22(18,19)12(13,14)15)16(7-8)10(17)20-11(2,3)4;2*1-7-2-3-11(16-6-7)8-4-9(13)12(15)10(14)5-8;;;/h6-8,10H,5,9H2,1-4H3;5-6H,1-4H3;6,8H,5,7H2,1-4H3;4-5,7,11,16H,2-3,6H2,1H3;4-5,7H,2-3,6H2,1H3;;;/q;;;;;;+1;-1. The van der Waals surface area contributed by atoms with Crippen LogP contribution in [0.2, 0.25) is 0 Å². The van der Waals surface area contributed by atoms with Crippen LogP contribution in [0.15, 0.2) is 71.6 Å². The molecule has 5 aliphatic heterocycles. The van der Waals surface area contributed by atoms with E-state index >= 15 is 0 Å². The average Bonchev–Trinajstić information content (AvgIpc) is 1.55. The Kier molecular flexibility index (Phi) is 30.5. The third-order valence-electron chi connectivity index (χ3n) is 15.3. The summed E-state index contributed by atoms with van der Waals surface area (Å²) in [6, 6.07) is 7.65. The maximum absolute atomic E-state index is 13.5. The molecule has 97 heavy (non-hydrogen) atoms. The van der Waals surface area contributed by atoms with Crippen LogP contribution in [0.3, 0.4) is 0 Å². The largest absolute Gasteiger partial charge is 1.00 e. The molecule has 32 heteroatoms. The Morgan fingerprint density at radius 3 is 1.39 bits per heavy atom. The van der Waals surface area contributed by atoms with Crippen molar-refractivity contribution in [2.75, 3.05) is 26.2 Å². The van der Waals surface area contributed by atoms with Crippen LogP contribution in [0.25, 0.3) is 5.70 Å². The molecule has 2 amide bonds. The monoisotopic (exact) mass is 1420 g/mol. The molecular formula is C65H79B2F15N4NaO9S. The average molecular weight is 1420 g/mol. The maximum Gasteiger partial charge on any atom is 1.00 e. The molecule has 4 aromatic carbocycles. The summed E-state index contributed by atoms with van der Waals surface area (Å²) in [4.78, 5) is 30.7. The number of nitrogens with one attached hydrogen (secondary N) is 1. The first-order valence-corrected chi connectivity index (χ1v) is 31.6. The number of halogens is 15. The van der Waals surface area contributed by atoms with Crippen molar-refractivity contribution in [1.29, 1.82) is 0 Å². The number of benzene rings is 4. The number of carbonyl (C=O) groups excluding carboxylic acids is 2. The van der Waals surface area contributed by atoms with Crippen molar-refractivity contribution in [3.8, 4) is 0 Å². The molecule has 1 N–H and O–H groups in total. The van der Waals surface area contributed by atoms with Gasteiger partial charge in [0.15, 0.2) is 69.8 Å². The van der Waals surface area contributed by atoms with Crippen LogP contribution in [0.1, 0.15) is 160 Å². The third kappa shape index (κ3) is 24.0. The summed E-state index contributed by atoms with van der Waals surface area (Å²) < 4.78 is 242. The molecule has 0 aliphatic carbocycles. The summed E-state index contributed by atoms with van der Waals surface area (Å²) in [5, 5.41) is 3.20. The minimum atomic E-state index is -5.84. The fraction of sp³-hybridized carbons (Fsp3) is 0.523. The van der Waals surface area contributed by atoms with Crippen LogP contribution in [-0.4, -0.2) is 106 Å². The molecule has 5 aliphatic rings. The molecule has 5 unspecified atom stereocenters. The summed E-state index contributed by atoms with van der Waals surface area (Å²) in [5.41, 5.74) is -6.30. The van der Waals surface area contributed by atoms with E-state index in [0.29, 0.717) is 60.3 Å². The van der Waals surface area contributed by atoms with Gasteiger partial charge >= 0.3 is 64.5 Å². The number of rotatable bonds is 6. The van der Waals surface area contributed by atoms with E-state index in [1.165, 1.54) is 4.90 Å². The van der Waals surface area contributed by atoms with Gasteiger partial charge in [0.2, 0.25) is 5.88 Å². The van der Waals surface area contributed by atoms with E-state index in [1.54, 1.807) is 54.5 Å². The van der Waals surface area contributed by atoms with Crippen LogP contribution in [-0.2, 0) is 33.1 Å². The normalized spacial score (nSPS) is 20.7. The van der Waals surface area contributed by atoms with Crippen molar-refractivity contribution >= 4 is 54.7 Å². The molecule has 0 spiro atoms. The van der Waals surface area contributed by atoms with E-state index in [4.69, 9.17) is 18.8 Å². The molecule has 4 aromatic rings. The summed E-state index contributed by atoms with van der Waals surface area (Å²) in [6.07, 6.45) is 5.67. The van der Waals surface area contributed by atoms with Gasteiger partial charge in [-0.15, -0.1) is 0 Å². The molecule has 13 nitrogen and oxygen atoms in total. The van der Waals surface area contributed by atoms with E-state index in [0.717, 1.165) is 85.3 Å². The van der Waals surface area contributed by atoms with Gasteiger partial charge in [-0.3, -0.25) is 9.89 Å². The quantitative estimate of drug-likeness (QED) is 0.0651. The topological polar surface area (TPSA) is 145 Å². The molecule has 0 aromatic heterocycles. The molecule has 5 heterocycles. The smallest absolute Gasteiger partial charge is 1.00 e. The zero-order chi connectivity index (χ0) is 71.8. The van der Waals surface area contributed by atoms with E-state index < -0.39 is 133 Å². The van der Waals surface area contributed by atoms with Crippen LogP contribution >= 0.6 is 0 Å². The minimum Gasteiger partial charge on any atom is -1.00 e. The number of ether oxygens (including phenoxy) is 2. The summed E-state index contributed by atoms with van der Waals surface area (Å²) in [7, 11) is -6.75. The van der Waals surface area contributed by atoms with Crippen molar-refractivity contribution in [2.45, 2.75) is 169 Å². The number of hydrogen-bond acceptors (Lipinski definition) is 11. The number of alkyl halides is 3. The first-order valence-electron chi connectivity index (χ1n) is 30.2. The van der Waals surface area contributed by atoms with Crippen molar-refractivity contribution in [3.63, 3.8) is 0 Å². The SMILES string of the molecule is CC1(C)OB(c2cc(F)c(F)c(F)c2)OC1(C)C.CC1CC=C(OS(=O)(=O)C(F)(F)F)N(C(=O)OC(C)(C)C)C1.CC1CC=C(c2cc(F)c(F)c(F)c2)N(C(=O)OC(C)(C)C)C1.CC1CCC(c2cc(F)c(F)c(F)c2)=NC1.CC1CCC(c2cc(F)c(F)c(F)c2)NC1.[B].[H-].[Na+]. The molecule has 531 valence electrons. The van der Waals surface area contributed by atoms with Crippen molar-refractivity contribution in [2.24, 2.45) is 28.7 Å². The molecule has 2 saturated heterocycles. The van der Waals surface area contributed by atoms with Gasteiger partial charge in [-0.2, -0.15) is 21.6 Å². The predicted molar refractivity (Wildman–Crippen MR) is 332 cm³/mol. The van der Waals surface area contributed by atoms with Crippen LogP contribution < -0.4 is 40.3 Å². The number of amides is 2. The zero-order valence-electron chi connectivity index (χ0n) is 57.5. The Hall–Kier alpha value is -5.72. The second-order valence-electron chi connectivity index (χ2n) is 26.7. The molecule has 9 rings (SSSR count). The van der Waals surface area contributed by atoms with E-state index in [9.17, 15) is 83.9 Å². The van der Waals surface area contributed by atoms with Crippen LogP contribution in [0.5, 0.6) is 0 Å². The Balaban J connectivity index is 0.000000416. The van der Waals surface area contributed by atoms with Gasteiger partial charge in [0, 0.05) is 50.9 Å². The number of nitrogens with zero attached hydrogens (tertiary/aromatic N) is 3. The zero-order valence-corrected chi connectivity index (χ0v) is 59.3. The van der Waals surface area contributed by atoms with E-state index in [1.807, 2.05) is 34.6 Å². The first-order chi connectivity index (χ1) is 43.6. The van der Waals surface area contributed by atoms with Gasteiger partial charge in [-0.05, 0) is 204 Å². The Morgan fingerprint density at radius 2 is 0.990 bits per heavy atom. The summed E-state index contributed by atoms with van der Waals surface area (Å²) in [6.45, 7) is 27.0. The van der Waals surface area contributed by atoms with Gasteiger partial charge < -0.3 is 29.7 Å². The molecule has 0 bridgehead atoms. The molecule has 0 saturated carbocycles. The third-order valence-corrected chi connectivity index (χ3v) is 16.3. The van der Waals surface area contributed by atoms with Crippen molar-refractivity contribution < 1.29 is 138 Å². The first kappa shape index (κ1) is 85.5. The van der Waals surface area contributed by atoms with Gasteiger partial charge in [-0.25, -0.2) is 67.2 Å². The molecule has 5 atom stereocenters. The van der Waals surface area contributed by atoms with Crippen LogP contribution in [0, 0.1) is 93.5 Å². The number of piperidine rings is 1. The van der Waals surface area contributed by atoms with Gasteiger partial charge in [0.05, 0.1) is 16.9 Å². The molecule has 2 fully saturated rings. The summed E-state index contributed by atoms with van der Waals surface area (Å²) in [5.74, 6) is -15.0. The molecule has 3 radical (unpaired) electrons. The fourth-order valence-electron chi connectivity index (χ4n) is 9.51. The van der Waals surface area contributed by atoms with Crippen LogP contribution in [0.4, 0.5) is 75.4 Å². The second-order valence-corrected chi connectivity index (χ2v) is 28.3. The molecular weight excluding hydrogens is 1340 g/mol. The van der Waals surface area contributed by atoms with E-state index in [2.05, 4.69) is 28.3 Å². The van der Waals surface area contributed by atoms with Gasteiger partial charge in [-0.1, -0.05) is 33.8 Å². The van der Waals surface area contributed by atoms with Gasteiger partial charge in [0.1, 0.15) is 11.2 Å². The minimum absolute atomic E-state index is 0. The van der Waals surface area contributed by atoms with Gasteiger partial charge in [0.25, 0.3) is 0 Å². The number of aliphatic imine (C=N–C) groups is 1. The Labute approximate surface area is 581 Å².